The smallest absolute Gasteiger partial charge is 0.340 e. The van der Waals surface area contributed by atoms with E-state index in [9.17, 15) is 9.59 Å². The molecular formula is C18H18ClN3O4. The Hall–Kier alpha value is -2.80. The van der Waals surface area contributed by atoms with Gasteiger partial charge in [0.15, 0.2) is 5.82 Å². The molecule has 2 heterocycles. The first kappa shape index (κ1) is 18.0. The van der Waals surface area contributed by atoms with Crippen LogP contribution in [0.15, 0.2) is 29.1 Å². The molecule has 0 atom stereocenters. The number of hydrogen-bond donors (Lipinski definition) is 0. The number of hydrogen-bond acceptors (Lipinski definition) is 5. The molecule has 0 saturated carbocycles. The summed E-state index contributed by atoms with van der Waals surface area (Å²) in [5, 5.41) is 4.94. The lowest BCUT2D eigenvalue weighted by atomic mass is 10.2. The molecule has 3 rings (SSSR count). The highest BCUT2D eigenvalue weighted by Crippen LogP contribution is 2.29. The number of rotatable bonds is 4. The van der Waals surface area contributed by atoms with Gasteiger partial charge in [0, 0.05) is 18.3 Å². The predicted octanol–water partition coefficient (Wildman–Crippen LogP) is 2.85. The van der Waals surface area contributed by atoms with Crippen LogP contribution in [0.3, 0.4) is 0 Å². The molecule has 1 aromatic carbocycles. The minimum Gasteiger partial charge on any atom is -0.497 e. The molecule has 8 heteroatoms. The molecule has 0 N–H and O–H groups in total. The summed E-state index contributed by atoms with van der Waals surface area (Å²) >= 11 is 6.34. The van der Waals surface area contributed by atoms with Gasteiger partial charge < -0.3 is 9.47 Å². The maximum Gasteiger partial charge on any atom is 0.340 e. The lowest BCUT2D eigenvalue weighted by molar-refractivity contribution is 0.0528. The van der Waals surface area contributed by atoms with Gasteiger partial charge in [-0.1, -0.05) is 11.6 Å². The van der Waals surface area contributed by atoms with Crippen LogP contribution in [0.1, 0.15) is 23.0 Å². The number of aromatic nitrogens is 3. The molecule has 0 aliphatic carbocycles. The maximum absolute atomic E-state index is 12.9. The Morgan fingerprint density at radius 3 is 2.65 bits per heavy atom. The molecule has 7 nitrogen and oxygen atoms in total. The fourth-order valence-corrected chi connectivity index (χ4v) is 3.04. The van der Waals surface area contributed by atoms with Gasteiger partial charge in [0.05, 0.1) is 24.3 Å². The molecule has 0 unspecified atom stereocenters. The van der Waals surface area contributed by atoms with Crippen LogP contribution < -0.4 is 10.3 Å². The molecule has 0 saturated heterocycles. The van der Waals surface area contributed by atoms with Crippen molar-refractivity contribution in [1.82, 2.24) is 14.2 Å². The molecule has 0 amide bonds. The Balaban J connectivity index is 2.28. The van der Waals surface area contributed by atoms with Gasteiger partial charge in [0.1, 0.15) is 11.3 Å². The Morgan fingerprint density at radius 1 is 1.31 bits per heavy atom. The Kier molecular flexibility index (Phi) is 4.73. The van der Waals surface area contributed by atoms with E-state index in [1.54, 1.807) is 52.3 Å². The van der Waals surface area contributed by atoms with Gasteiger partial charge in [0.2, 0.25) is 0 Å². The lowest BCUT2D eigenvalue weighted by Gasteiger charge is -2.12. The van der Waals surface area contributed by atoms with Crippen molar-refractivity contribution in [2.24, 2.45) is 7.05 Å². The monoisotopic (exact) mass is 375 g/mol. The molecule has 136 valence electrons. The second-order valence-corrected chi connectivity index (χ2v) is 6.12. The van der Waals surface area contributed by atoms with Crippen LogP contribution in [0.4, 0.5) is 0 Å². The van der Waals surface area contributed by atoms with Gasteiger partial charge in [-0.05, 0) is 38.1 Å². The second kappa shape index (κ2) is 6.84. The summed E-state index contributed by atoms with van der Waals surface area (Å²) in [6.07, 6.45) is 0. The van der Waals surface area contributed by atoms with E-state index in [0.717, 1.165) is 0 Å². The molecule has 26 heavy (non-hydrogen) atoms. The molecule has 0 aliphatic rings. The maximum atomic E-state index is 12.9. The minimum absolute atomic E-state index is 0.178. The highest BCUT2D eigenvalue weighted by molar-refractivity contribution is 6.33. The standard InChI is InChI=1S/C18H18ClN3O4/c1-5-26-18(24)13-8-10(2)22-15(13)17(23)21(3)16(20-22)12-7-6-11(25-4)9-14(12)19/h6-9H,5H2,1-4H3. The van der Waals surface area contributed by atoms with Crippen molar-refractivity contribution in [3.05, 3.63) is 50.9 Å². The second-order valence-electron chi connectivity index (χ2n) is 5.71. The summed E-state index contributed by atoms with van der Waals surface area (Å²) in [6, 6.07) is 6.73. The van der Waals surface area contributed by atoms with E-state index in [1.165, 1.54) is 9.08 Å². The number of methoxy groups -OCH3 is 1. The van der Waals surface area contributed by atoms with Crippen LogP contribution in [-0.4, -0.2) is 33.9 Å². The van der Waals surface area contributed by atoms with Gasteiger partial charge in [-0.25, -0.2) is 9.31 Å². The van der Waals surface area contributed by atoms with Crippen LogP contribution in [0.2, 0.25) is 5.02 Å². The predicted molar refractivity (Wildman–Crippen MR) is 98.1 cm³/mol. The third kappa shape index (κ3) is 2.84. The number of nitrogens with zero attached hydrogens (tertiary/aromatic N) is 3. The van der Waals surface area contributed by atoms with E-state index < -0.39 is 5.97 Å². The fraction of sp³-hybridized carbons (Fsp3) is 0.278. The summed E-state index contributed by atoms with van der Waals surface area (Å²) in [6.45, 7) is 3.70. The summed E-state index contributed by atoms with van der Waals surface area (Å²) in [4.78, 5) is 25.1. The quantitative estimate of drug-likeness (QED) is 0.655. The van der Waals surface area contributed by atoms with Crippen LogP contribution >= 0.6 is 11.6 Å². The highest BCUT2D eigenvalue weighted by Gasteiger charge is 2.22. The number of benzene rings is 1. The minimum atomic E-state index is -0.549. The number of ether oxygens (including phenoxy) is 2. The van der Waals surface area contributed by atoms with Gasteiger partial charge in [-0.2, -0.15) is 0 Å². The zero-order chi connectivity index (χ0) is 19.0. The van der Waals surface area contributed by atoms with E-state index in [2.05, 4.69) is 5.10 Å². The molecular weight excluding hydrogens is 358 g/mol. The number of halogens is 1. The van der Waals surface area contributed by atoms with E-state index in [-0.39, 0.29) is 23.2 Å². The van der Waals surface area contributed by atoms with Crippen LogP contribution in [0.5, 0.6) is 5.75 Å². The molecule has 0 bridgehead atoms. The number of esters is 1. The summed E-state index contributed by atoms with van der Waals surface area (Å²) < 4.78 is 13.0. The number of fused-ring (bicyclic) bond motifs is 1. The normalized spacial score (nSPS) is 11.0. The van der Waals surface area contributed by atoms with Gasteiger partial charge in [0.25, 0.3) is 5.56 Å². The molecule has 2 aromatic heterocycles. The molecule has 0 spiro atoms. The van der Waals surface area contributed by atoms with Gasteiger partial charge >= 0.3 is 5.97 Å². The van der Waals surface area contributed by atoms with Crippen LogP contribution in [0, 0.1) is 6.92 Å². The fourth-order valence-electron chi connectivity index (χ4n) is 2.78. The zero-order valence-electron chi connectivity index (χ0n) is 14.9. The SMILES string of the molecule is CCOC(=O)c1cc(C)n2nc(-c3ccc(OC)cc3Cl)n(C)c(=O)c12. The largest absolute Gasteiger partial charge is 0.497 e. The first-order chi connectivity index (χ1) is 12.4. The van der Waals surface area contributed by atoms with E-state index in [4.69, 9.17) is 21.1 Å². The lowest BCUT2D eigenvalue weighted by Crippen LogP contribution is -2.25. The van der Waals surface area contributed by atoms with Crippen molar-refractivity contribution in [1.29, 1.82) is 0 Å². The highest BCUT2D eigenvalue weighted by atomic mass is 35.5. The van der Waals surface area contributed by atoms with Crippen molar-refractivity contribution in [3.8, 4) is 17.1 Å². The number of carbonyl (C=O) groups excluding carboxylic acids is 1. The molecule has 0 aliphatic heterocycles. The molecule has 0 fully saturated rings. The first-order valence-corrected chi connectivity index (χ1v) is 8.37. The average molecular weight is 376 g/mol. The molecule has 0 radical (unpaired) electrons. The third-order valence-electron chi connectivity index (χ3n) is 4.09. The zero-order valence-corrected chi connectivity index (χ0v) is 15.6. The van der Waals surface area contributed by atoms with Crippen LogP contribution in [-0.2, 0) is 11.8 Å². The summed E-state index contributed by atoms with van der Waals surface area (Å²) in [7, 11) is 3.13. The van der Waals surface area contributed by atoms with Gasteiger partial charge in [-0.3, -0.25) is 9.36 Å². The number of carbonyl (C=O) groups is 1. The van der Waals surface area contributed by atoms with E-state index >= 15 is 0 Å². The van der Waals surface area contributed by atoms with E-state index in [1.807, 2.05) is 0 Å². The van der Waals surface area contributed by atoms with Crippen molar-refractivity contribution in [2.75, 3.05) is 13.7 Å². The van der Waals surface area contributed by atoms with Crippen molar-refractivity contribution in [3.63, 3.8) is 0 Å². The van der Waals surface area contributed by atoms with Crippen LogP contribution in [0.25, 0.3) is 16.9 Å². The average Bonchev–Trinajstić information content (AvgIpc) is 2.95. The van der Waals surface area contributed by atoms with Crippen molar-refractivity contribution < 1.29 is 14.3 Å². The Bertz CT molecular complexity index is 1070. The third-order valence-corrected chi connectivity index (χ3v) is 4.40. The Labute approximate surface area is 154 Å². The summed E-state index contributed by atoms with van der Waals surface area (Å²) in [5.41, 5.74) is 1.24. The number of aryl methyl sites for hydroxylation is 1. The van der Waals surface area contributed by atoms with Crippen molar-refractivity contribution in [2.45, 2.75) is 13.8 Å². The van der Waals surface area contributed by atoms with Crippen molar-refractivity contribution >= 4 is 23.1 Å². The van der Waals surface area contributed by atoms with Gasteiger partial charge in [-0.15, -0.1) is 5.10 Å². The molecule has 3 aromatic rings. The Morgan fingerprint density at radius 2 is 2.04 bits per heavy atom. The van der Waals surface area contributed by atoms with E-state index in [0.29, 0.717) is 27.9 Å². The topological polar surface area (TPSA) is 74.8 Å². The summed E-state index contributed by atoms with van der Waals surface area (Å²) in [5.74, 6) is 0.433. The first-order valence-electron chi connectivity index (χ1n) is 7.99.